The van der Waals surface area contributed by atoms with E-state index >= 15 is 0 Å². The molecule has 2 rings (SSSR count). The van der Waals surface area contributed by atoms with Crippen LogP contribution in [-0.2, 0) is 4.74 Å². The van der Waals surface area contributed by atoms with E-state index in [2.05, 4.69) is 20.9 Å². The number of thiazole rings is 1. The summed E-state index contributed by atoms with van der Waals surface area (Å²) in [6, 6.07) is 7.58. The number of methoxy groups -OCH3 is 1. The number of ether oxygens (including phenoxy) is 1. The number of benzene rings is 1. The molecule has 0 saturated carbocycles. The van der Waals surface area contributed by atoms with Gasteiger partial charge in [-0.05, 0) is 34.1 Å². The van der Waals surface area contributed by atoms with Gasteiger partial charge in [0.1, 0.15) is 5.76 Å². The molecular weight excluding hydrogens is 322 g/mol. The normalized spacial score (nSPS) is 11.6. The minimum atomic E-state index is 0.671. The van der Waals surface area contributed by atoms with E-state index in [1.165, 1.54) is 11.3 Å². The lowest BCUT2D eigenvalue weighted by atomic mass is 10.2. The van der Waals surface area contributed by atoms with Crippen LogP contribution in [0.4, 0.5) is 0 Å². The van der Waals surface area contributed by atoms with Crippen molar-refractivity contribution in [3.05, 3.63) is 49.8 Å². The first kappa shape index (κ1) is 12.6. The predicted molar refractivity (Wildman–Crippen MR) is 76.1 cm³/mol. The molecule has 88 valence electrons. The Morgan fingerprint density at radius 2 is 2.24 bits per heavy atom. The number of hydrogen-bond donors (Lipinski definition) is 0. The van der Waals surface area contributed by atoms with Crippen LogP contribution in [0.2, 0.25) is 5.02 Å². The van der Waals surface area contributed by atoms with Crippen molar-refractivity contribution >= 4 is 50.7 Å². The Bertz CT molecular complexity index is 553. The molecule has 0 radical (unpaired) electrons. The second kappa shape index (κ2) is 5.67. The van der Waals surface area contributed by atoms with Gasteiger partial charge in [-0.25, -0.2) is 4.98 Å². The lowest BCUT2D eigenvalue weighted by Gasteiger charge is -2.07. The highest BCUT2D eigenvalue weighted by Crippen LogP contribution is 2.28. The standard InChI is InChI=1S/C12H9BrClNOS/c1-16-11(6-8-7-15-12(13)17-8)9-4-2-3-5-10(9)14/h2-7H,1H3/b11-6-. The summed E-state index contributed by atoms with van der Waals surface area (Å²) < 4.78 is 6.22. The number of hydrogen-bond acceptors (Lipinski definition) is 3. The Labute approximate surface area is 117 Å². The molecule has 2 nitrogen and oxygen atoms in total. The third kappa shape index (κ3) is 3.09. The second-order valence-electron chi connectivity index (χ2n) is 3.21. The van der Waals surface area contributed by atoms with E-state index in [4.69, 9.17) is 16.3 Å². The average molecular weight is 331 g/mol. The number of halogens is 2. The third-order valence-corrected chi connectivity index (χ3v) is 3.88. The van der Waals surface area contributed by atoms with Gasteiger partial charge in [0.15, 0.2) is 3.92 Å². The fourth-order valence-corrected chi connectivity index (χ4v) is 2.83. The fraction of sp³-hybridized carbons (Fsp3) is 0.0833. The molecule has 1 aromatic heterocycles. The second-order valence-corrected chi connectivity index (χ2v) is 5.95. The average Bonchev–Trinajstić information content (AvgIpc) is 2.73. The van der Waals surface area contributed by atoms with Crippen LogP contribution in [-0.4, -0.2) is 12.1 Å². The van der Waals surface area contributed by atoms with Crippen molar-refractivity contribution in [2.75, 3.05) is 7.11 Å². The van der Waals surface area contributed by atoms with Gasteiger partial charge >= 0.3 is 0 Å². The highest BCUT2D eigenvalue weighted by atomic mass is 79.9. The Morgan fingerprint density at radius 3 is 2.82 bits per heavy atom. The van der Waals surface area contributed by atoms with Crippen molar-refractivity contribution in [1.82, 2.24) is 4.98 Å². The summed E-state index contributed by atoms with van der Waals surface area (Å²) in [6.45, 7) is 0. The first-order valence-corrected chi connectivity index (χ1v) is 6.81. The van der Waals surface area contributed by atoms with Gasteiger partial charge in [-0.3, -0.25) is 0 Å². The van der Waals surface area contributed by atoms with Crippen molar-refractivity contribution in [3.63, 3.8) is 0 Å². The number of rotatable bonds is 3. The lowest BCUT2D eigenvalue weighted by Crippen LogP contribution is -1.87. The van der Waals surface area contributed by atoms with Crippen LogP contribution in [0.25, 0.3) is 11.8 Å². The van der Waals surface area contributed by atoms with Gasteiger partial charge in [0.2, 0.25) is 0 Å². The molecule has 0 fully saturated rings. The molecule has 0 spiro atoms. The number of nitrogens with zero attached hydrogens (tertiary/aromatic N) is 1. The Hall–Kier alpha value is -0.840. The van der Waals surface area contributed by atoms with Gasteiger partial charge < -0.3 is 4.74 Å². The number of aromatic nitrogens is 1. The molecule has 1 heterocycles. The molecule has 0 bridgehead atoms. The maximum absolute atomic E-state index is 6.13. The Balaban J connectivity index is 2.40. The van der Waals surface area contributed by atoms with Gasteiger partial charge in [0.25, 0.3) is 0 Å². The predicted octanol–water partition coefficient (Wildman–Crippen LogP) is 4.70. The fourth-order valence-electron chi connectivity index (χ4n) is 1.37. The van der Waals surface area contributed by atoms with Gasteiger partial charge in [0, 0.05) is 11.8 Å². The molecule has 0 atom stereocenters. The van der Waals surface area contributed by atoms with E-state index in [-0.39, 0.29) is 0 Å². The van der Waals surface area contributed by atoms with Crippen LogP contribution in [0, 0.1) is 0 Å². The topological polar surface area (TPSA) is 22.1 Å². The van der Waals surface area contributed by atoms with E-state index in [1.54, 1.807) is 13.3 Å². The summed E-state index contributed by atoms with van der Waals surface area (Å²) in [5.41, 5.74) is 0.876. The van der Waals surface area contributed by atoms with Crippen LogP contribution in [0.1, 0.15) is 10.4 Å². The summed E-state index contributed by atoms with van der Waals surface area (Å²) >= 11 is 11.0. The van der Waals surface area contributed by atoms with Gasteiger partial charge in [-0.1, -0.05) is 23.7 Å². The van der Waals surface area contributed by atoms with E-state index < -0.39 is 0 Å². The summed E-state index contributed by atoms with van der Waals surface area (Å²) in [5, 5.41) is 0.671. The zero-order valence-electron chi connectivity index (χ0n) is 8.98. The molecule has 0 aliphatic heterocycles. The summed E-state index contributed by atoms with van der Waals surface area (Å²) in [5.74, 6) is 0.728. The minimum absolute atomic E-state index is 0.671. The molecule has 0 unspecified atom stereocenters. The lowest BCUT2D eigenvalue weighted by molar-refractivity contribution is 0.373. The van der Waals surface area contributed by atoms with Crippen molar-refractivity contribution in [2.24, 2.45) is 0 Å². The summed E-state index contributed by atoms with van der Waals surface area (Å²) in [4.78, 5) is 5.13. The van der Waals surface area contributed by atoms with Crippen LogP contribution >= 0.6 is 38.9 Å². The monoisotopic (exact) mass is 329 g/mol. The van der Waals surface area contributed by atoms with Crippen molar-refractivity contribution < 1.29 is 4.74 Å². The largest absolute Gasteiger partial charge is 0.496 e. The molecular formula is C12H9BrClNOS. The van der Waals surface area contributed by atoms with E-state index in [9.17, 15) is 0 Å². The first-order chi connectivity index (χ1) is 8.20. The minimum Gasteiger partial charge on any atom is -0.496 e. The molecule has 0 amide bonds. The maximum Gasteiger partial charge on any atom is 0.159 e. The van der Waals surface area contributed by atoms with Gasteiger partial charge in [-0.15, -0.1) is 11.3 Å². The van der Waals surface area contributed by atoms with Crippen LogP contribution in [0.15, 0.2) is 34.4 Å². The smallest absolute Gasteiger partial charge is 0.159 e. The van der Waals surface area contributed by atoms with E-state index in [1.807, 2.05) is 30.3 Å². The van der Waals surface area contributed by atoms with Crippen LogP contribution in [0.5, 0.6) is 0 Å². The Kier molecular flexibility index (Phi) is 4.20. The van der Waals surface area contributed by atoms with Crippen molar-refractivity contribution in [2.45, 2.75) is 0 Å². The van der Waals surface area contributed by atoms with Crippen molar-refractivity contribution in [1.29, 1.82) is 0 Å². The van der Waals surface area contributed by atoms with E-state index in [0.717, 1.165) is 20.1 Å². The SMILES string of the molecule is CO/C(=C\c1cnc(Br)s1)c1ccccc1Cl. The molecule has 17 heavy (non-hydrogen) atoms. The molecule has 0 N–H and O–H groups in total. The first-order valence-electron chi connectivity index (χ1n) is 4.82. The van der Waals surface area contributed by atoms with Gasteiger partial charge in [-0.2, -0.15) is 0 Å². The molecule has 5 heteroatoms. The van der Waals surface area contributed by atoms with E-state index in [0.29, 0.717) is 5.02 Å². The van der Waals surface area contributed by atoms with Crippen LogP contribution in [0.3, 0.4) is 0 Å². The molecule has 1 aromatic carbocycles. The molecule has 0 saturated heterocycles. The highest BCUT2D eigenvalue weighted by Gasteiger charge is 2.07. The quantitative estimate of drug-likeness (QED) is 0.761. The Morgan fingerprint density at radius 1 is 1.47 bits per heavy atom. The maximum atomic E-state index is 6.13. The third-order valence-electron chi connectivity index (χ3n) is 2.13. The zero-order valence-corrected chi connectivity index (χ0v) is 12.1. The zero-order chi connectivity index (χ0) is 12.3. The molecule has 0 aliphatic carbocycles. The van der Waals surface area contributed by atoms with Gasteiger partial charge in [0.05, 0.1) is 17.0 Å². The highest BCUT2D eigenvalue weighted by molar-refractivity contribution is 9.11. The summed E-state index contributed by atoms with van der Waals surface area (Å²) in [7, 11) is 1.63. The molecule has 2 aromatic rings. The molecule has 0 aliphatic rings. The van der Waals surface area contributed by atoms with Crippen molar-refractivity contribution in [3.8, 4) is 0 Å². The summed E-state index contributed by atoms with van der Waals surface area (Å²) in [6.07, 6.45) is 3.70. The van der Waals surface area contributed by atoms with Crippen LogP contribution < -0.4 is 0 Å².